The second-order valence-corrected chi connectivity index (χ2v) is 6.30. The van der Waals surface area contributed by atoms with Gasteiger partial charge < -0.3 is 15.4 Å². The molecular weight excluding hydrogens is 362 g/mol. The van der Waals surface area contributed by atoms with Crippen LogP contribution in [-0.4, -0.2) is 24.5 Å². The molecule has 27 heavy (non-hydrogen) atoms. The SMILES string of the molecule is COc1ccc(CCNc2ccc(C(=O)Nc3ccccc3Cl)cn2)cc1. The number of anilines is 2. The van der Waals surface area contributed by atoms with E-state index < -0.39 is 0 Å². The van der Waals surface area contributed by atoms with E-state index in [0.29, 0.717) is 16.3 Å². The van der Waals surface area contributed by atoms with Gasteiger partial charge >= 0.3 is 0 Å². The maximum atomic E-state index is 12.3. The summed E-state index contributed by atoms with van der Waals surface area (Å²) in [6, 6.07) is 18.6. The molecule has 0 atom stereocenters. The van der Waals surface area contributed by atoms with E-state index in [9.17, 15) is 4.79 Å². The van der Waals surface area contributed by atoms with Crippen LogP contribution in [0.3, 0.4) is 0 Å². The van der Waals surface area contributed by atoms with Crippen molar-refractivity contribution in [1.29, 1.82) is 0 Å². The number of halogens is 1. The number of nitrogens with one attached hydrogen (secondary N) is 2. The number of methoxy groups -OCH3 is 1. The van der Waals surface area contributed by atoms with Gasteiger partial charge in [0, 0.05) is 12.7 Å². The van der Waals surface area contributed by atoms with Crippen molar-refractivity contribution in [3.05, 3.63) is 83.0 Å². The van der Waals surface area contributed by atoms with Gasteiger partial charge in [-0.15, -0.1) is 0 Å². The number of rotatable bonds is 7. The first-order chi connectivity index (χ1) is 13.2. The van der Waals surface area contributed by atoms with E-state index in [1.165, 1.54) is 5.56 Å². The molecule has 0 fully saturated rings. The number of pyridine rings is 1. The summed E-state index contributed by atoms with van der Waals surface area (Å²) in [5.41, 5.74) is 2.25. The average molecular weight is 382 g/mol. The third kappa shape index (κ3) is 5.21. The van der Waals surface area contributed by atoms with Crippen molar-refractivity contribution >= 4 is 29.0 Å². The van der Waals surface area contributed by atoms with E-state index in [4.69, 9.17) is 16.3 Å². The fourth-order valence-electron chi connectivity index (χ4n) is 2.52. The molecule has 1 amide bonds. The predicted octanol–water partition coefficient (Wildman–Crippen LogP) is 4.65. The van der Waals surface area contributed by atoms with Crippen molar-refractivity contribution in [2.45, 2.75) is 6.42 Å². The number of para-hydroxylation sites is 1. The molecule has 3 aromatic rings. The molecule has 0 unspecified atom stereocenters. The molecule has 0 saturated carbocycles. The van der Waals surface area contributed by atoms with Crippen molar-refractivity contribution in [3.63, 3.8) is 0 Å². The number of hydrogen-bond donors (Lipinski definition) is 2. The van der Waals surface area contributed by atoms with E-state index in [-0.39, 0.29) is 5.91 Å². The van der Waals surface area contributed by atoms with Crippen molar-refractivity contribution in [3.8, 4) is 5.75 Å². The van der Waals surface area contributed by atoms with Gasteiger partial charge in [-0.3, -0.25) is 4.79 Å². The fraction of sp³-hybridized carbons (Fsp3) is 0.143. The molecule has 1 heterocycles. The number of carbonyl (C=O) groups is 1. The van der Waals surface area contributed by atoms with E-state index in [0.717, 1.165) is 24.5 Å². The topological polar surface area (TPSA) is 63.2 Å². The number of benzene rings is 2. The third-order valence-electron chi connectivity index (χ3n) is 4.03. The van der Waals surface area contributed by atoms with E-state index in [1.54, 1.807) is 37.6 Å². The summed E-state index contributed by atoms with van der Waals surface area (Å²) in [5.74, 6) is 1.32. The summed E-state index contributed by atoms with van der Waals surface area (Å²) in [6.07, 6.45) is 2.41. The molecule has 0 radical (unpaired) electrons. The van der Waals surface area contributed by atoms with Crippen LogP contribution in [0, 0.1) is 0 Å². The highest BCUT2D eigenvalue weighted by Crippen LogP contribution is 2.21. The van der Waals surface area contributed by atoms with Gasteiger partial charge in [0.25, 0.3) is 5.91 Å². The van der Waals surface area contributed by atoms with Crippen LogP contribution >= 0.6 is 11.6 Å². The Balaban J connectivity index is 1.52. The Kier molecular flexibility index (Phi) is 6.28. The normalized spacial score (nSPS) is 10.3. The Labute approximate surface area is 163 Å². The summed E-state index contributed by atoms with van der Waals surface area (Å²) in [7, 11) is 1.65. The lowest BCUT2D eigenvalue weighted by Gasteiger charge is -2.09. The molecule has 0 spiro atoms. The summed E-state index contributed by atoms with van der Waals surface area (Å²) in [5, 5.41) is 6.53. The molecule has 0 aliphatic carbocycles. The summed E-state index contributed by atoms with van der Waals surface area (Å²) in [6.45, 7) is 0.741. The number of ether oxygens (including phenoxy) is 1. The Hall–Kier alpha value is -3.05. The predicted molar refractivity (Wildman–Crippen MR) is 109 cm³/mol. The maximum Gasteiger partial charge on any atom is 0.257 e. The highest BCUT2D eigenvalue weighted by atomic mass is 35.5. The van der Waals surface area contributed by atoms with Crippen LogP contribution in [0.1, 0.15) is 15.9 Å². The Morgan fingerprint density at radius 3 is 2.52 bits per heavy atom. The molecule has 2 aromatic carbocycles. The molecule has 5 nitrogen and oxygen atoms in total. The van der Waals surface area contributed by atoms with Gasteiger partial charge in [-0.25, -0.2) is 4.98 Å². The van der Waals surface area contributed by atoms with Crippen LogP contribution in [0.5, 0.6) is 5.75 Å². The zero-order valence-corrected chi connectivity index (χ0v) is 15.7. The van der Waals surface area contributed by atoms with Gasteiger partial charge in [-0.05, 0) is 48.4 Å². The summed E-state index contributed by atoms with van der Waals surface area (Å²) < 4.78 is 5.15. The summed E-state index contributed by atoms with van der Waals surface area (Å²) in [4.78, 5) is 16.6. The lowest BCUT2D eigenvalue weighted by molar-refractivity contribution is 0.102. The van der Waals surface area contributed by atoms with E-state index >= 15 is 0 Å². The van der Waals surface area contributed by atoms with E-state index in [1.807, 2.05) is 36.4 Å². The highest BCUT2D eigenvalue weighted by molar-refractivity contribution is 6.33. The highest BCUT2D eigenvalue weighted by Gasteiger charge is 2.08. The van der Waals surface area contributed by atoms with Crippen LogP contribution < -0.4 is 15.4 Å². The molecule has 0 bridgehead atoms. The average Bonchev–Trinajstić information content (AvgIpc) is 2.71. The molecule has 0 aliphatic rings. The van der Waals surface area contributed by atoms with Crippen molar-refractivity contribution in [2.24, 2.45) is 0 Å². The minimum Gasteiger partial charge on any atom is -0.497 e. The molecule has 3 rings (SSSR count). The number of amides is 1. The van der Waals surface area contributed by atoms with Gasteiger partial charge in [0.1, 0.15) is 11.6 Å². The first kappa shape index (κ1) is 18.7. The number of carbonyl (C=O) groups excluding carboxylic acids is 1. The van der Waals surface area contributed by atoms with Gasteiger partial charge in [0.2, 0.25) is 0 Å². The molecule has 0 saturated heterocycles. The van der Waals surface area contributed by atoms with Gasteiger partial charge in [0.15, 0.2) is 0 Å². The largest absolute Gasteiger partial charge is 0.497 e. The maximum absolute atomic E-state index is 12.3. The lowest BCUT2D eigenvalue weighted by atomic mass is 10.1. The third-order valence-corrected chi connectivity index (χ3v) is 4.36. The van der Waals surface area contributed by atoms with Gasteiger partial charge in [-0.2, -0.15) is 0 Å². The minimum atomic E-state index is -0.250. The Morgan fingerprint density at radius 1 is 1.07 bits per heavy atom. The van der Waals surface area contributed by atoms with Crippen LogP contribution in [0.25, 0.3) is 0 Å². The Bertz CT molecular complexity index is 896. The van der Waals surface area contributed by atoms with E-state index in [2.05, 4.69) is 15.6 Å². The first-order valence-electron chi connectivity index (χ1n) is 8.54. The fourth-order valence-corrected chi connectivity index (χ4v) is 2.70. The zero-order valence-electron chi connectivity index (χ0n) is 14.9. The molecular formula is C21H20ClN3O2. The number of nitrogens with zero attached hydrogens (tertiary/aromatic N) is 1. The molecule has 0 aliphatic heterocycles. The number of hydrogen-bond acceptors (Lipinski definition) is 4. The molecule has 2 N–H and O–H groups in total. The van der Waals surface area contributed by atoms with Crippen LogP contribution in [-0.2, 0) is 6.42 Å². The van der Waals surface area contributed by atoms with Crippen molar-refractivity contribution in [2.75, 3.05) is 24.3 Å². The molecule has 138 valence electrons. The summed E-state index contributed by atoms with van der Waals surface area (Å²) >= 11 is 6.06. The van der Waals surface area contributed by atoms with Crippen LogP contribution in [0.4, 0.5) is 11.5 Å². The molecule has 1 aromatic heterocycles. The van der Waals surface area contributed by atoms with Crippen LogP contribution in [0.2, 0.25) is 5.02 Å². The zero-order chi connectivity index (χ0) is 19.1. The van der Waals surface area contributed by atoms with Crippen molar-refractivity contribution in [1.82, 2.24) is 4.98 Å². The van der Waals surface area contributed by atoms with Gasteiger partial charge in [-0.1, -0.05) is 35.9 Å². The first-order valence-corrected chi connectivity index (χ1v) is 8.92. The molecule has 6 heteroatoms. The second-order valence-electron chi connectivity index (χ2n) is 5.89. The van der Waals surface area contributed by atoms with Crippen LogP contribution in [0.15, 0.2) is 66.9 Å². The minimum absolute atomic E-state index is 0.250. The lowest BCUT2D eigenvalue weighted by Crippen LogP contribution is -2.13. The monoisotopic (exact) mass is 381 g/mol. The van der Waals surface area contributed by atoms with Gasteiger partial charge in [0.05, 0.1) is 23.4 Å². The van der Waals surface area contributed by atoms with Crippen molar-refractivity contribution < 1.29 is 9.53 Å². The standard InChI is InChI=1S/C21H20ClN3O2/c1-27-17-9-6-15(7-10-17)12-13-23-20-11-8-16(14-24-20)21(26)25-19-5-3-2-4-18(19)22/h2-11,14H,12-13H2,1H3,(H,23,24)(H,25,26). The quantitative estimate of drug-likeness (QED) is 0.625. The second kappa shape index (κ2) is 9.05. The smallest absolute Gasteiger partial charge is 0.257 e. The number of aromatic nitrogens is 1. The Morgan fingerprint density at radius 2 is 1.85 bits per heavy atom.